The van der Waals surface area contributed by atoms with Gasteiger partial charge in [0.05, 0.1) is 7.11 Å². The zero-order valence-electron chi connectivity index (χ0n) is 9.59. The maximum Gasteiger partial charge on any atom is 0.119 e. The van der Waals surface area contributed by atoms with E-state index in [4.69, 9.17) is 10.5 Å². The van der Waals surface area contributed by atoms with Crippen molar-refractivity contribution in [1.82, 2.24) is 0 Å². The fraction of sp³-hybridized carbons (Fsp3) is 0.385. The van der Waals surface area contributed by atoms with Crippen LogP contribution in [0.15, 0.2) is 22.7 Å². The molecule has 16 heavy (non-hydrogen) atoms. The van der Waals surface area contributed by atoms with Crippen molar-refractivity contribution < 1.29 is 4.74 Å². The van der Waals surface area contributed by atoms with Crippen molar-refractivity contribution in [3.63, 3.8) is 0 Å². The first-order valence-electron chi connectivity index (χ1n) is 5.17. The summed E-state index contributed by atoms with van der Waals surface area (Å²) in [6.07, 6.45) is 1.67. The zero-order chi connectivity index (χ0) is 12.0. The molecule has 0 amide bonds. The molecule has 0 aliphatic rings. The minimum absolute atomic E-state index is 0.00896. The van der Waals surface area contributed by atoms with Gasteiger partial charge in [-0.25, -0.2) is 0 Å². The fourth-order valence-electron chi connectivity index (χ4n) is 1.44. The highest BCUT2D eigenvalue weighted by atomic mass is 79.9. The van der Waals surface area contributed by atoms with Crippen LogP contribution in [0.25, 0.3) is 0 Å². The molecular weight excluding hydrogens is 266 g/mol. The highest BCUT2D eigenvalue weighted by Crippen LogP contribution is 2.28. The van der Waals surface area contributed by atoms with E-state index in [0.717, 1.165) is 28.6 Å². The molecule has 3 heteroatoms. The number of rotatable bonds is 4. The van der Waals surface area contributed by atoms with Gasteiger partial charge in [-0.15, -0.1) is 11.8 Å². The Balaban J connectivity index is 2.79. The number of methoxy groups -OCH3 is 1. The zero-order valence-corrected chi connectivity index (χ0v) is 11.2. The van der Waals surface area contributed by atoms with Crippen LogP contribution in [0.5, 0.6) is 5.75 Å². The third kappa shape index (κ3) is 3.55. The molecule has 1 rings (SSSR count). The predicted molar refractivity (Wildman–Crippen MR) is 70.3 cm³/mol. The number of halogens is 1. The second-order valence-electron chi connectivity index (χ2n) is 3.46. The Morgan fingerprint density at radius 1 is 1.50 bits per heavy atom. The van der Waals surface area contributed by atoms with E-state index in [2.05, 4.69) is 27.8 Å². The lowest BCUT2D eigenvalue weighted by Crippen LogP contribution is -2.10. The number of ether oxygens (including phenoxy) is 1. The summed E-state index contributed by atoms with van der Waals surface area (Å²) in [4.78, 5) is 0. The van der Waals surface area contributed by atoms with Gasteiger partial charge in [-0.1, -0.05) is 15.9 Å². The van der Waals surface area contributed by atoms with Crippen molar-refractivity contribution in [1.29, 1.82) is 0 Å². The maximum absolute atomic E-state index is 6.11. The van der Waals surface area contributed by atoms with Gasteiger partial charge in [-0.05, 0) is 37.1 Å². The molecule has 0 aliphatic carbocycles. The van der Waals surface area contributed by atoms with Crippen molar-refractivity contribution in [3.05, 3.63) is 28.2 Å². The van der Waals surface area contributed by atoms with E-state index in [0.29, 0.717) is 0 Å². The molecule has 1 unspecified atom stereocenters. The van der Waals surface area contributed by atoms with Gasteiger partial charge in [0.15, 0.2) is 0 Å². The first-order chi connectivity index (χ1) is 7.69. The molecule has 1 atom stereocenters. The van der Waals surface area contributed by atoms with Gasteiger partial charge < -0.3 is 10.5 Å². The molecule has 86 valence electrons. The highest BCUT2D eigenvalue weighted by Gasteiger charge is 2.10. The molecule has 0 bridgehead atoms. The molecule has 0 aromatic heterocycles. The van der Waals surface area contributed by atoms with Crippen molar-refractivity contribution >= 4 is 15.9 Å². The Kier molecular flexibility index (Phi) is 5.37. The van der Waals surface area contributed by atoms with E-state index in [-0.39, 0.29) is 6.04 Å². The number of hydrogen-bond acceptors (Lipinski definition) is 2. The lowest BCUT2D eigenvalue weighted by molar-refractivity contribution is 0.413. The van der Waals surface area contributed by atoms with Crippen LogP contribution < -0.4 is 10.5 Å². The molecule has 0 spiro atoms. The smallest absolute Gasteiger partial charge is 0.119 e. The molecule has 0 aliphatic heterocycles. The molecular formula is C13H16BrNO. The van der Waals surface area contributed by atoms with Crippen LogP contribution in [-0.2, 0) is 0 Å². The summed E-state index contributed by atoms with van der Waals surface area (Å²) in [5, 5.41) is 0. The van der Waals surface area contributed by atoms with Crippen LogP contribution in [0.3, 0.4) is 0 Å². The predicted octanol–water partition coefficient (Wildman–Crippen LogP) is 3.26. The third-order valence-corrected chi connectivity index (χ3v) is 3.08. The molecule has 2 N–H and O–H groups in total. The number of hydrogen-bond donors (Lipinski definition) is 1. The highest BCUT2D eigenvalue weighted by molar-refractivity contribution is 9.10. The van der Waals surface area contributed by atoms with Gasteiger partial charge in [-0.3, -0.25) is 0 Å². The van der Waals surface area contributed by atoms with Crippen LogP contribution in [0.2, 0.25) is 0 Å². The van der Waals surface area contributed by atoms with Crippen molar-refractivity contribution in [2.75, 3.05) is 7.11 Å². The number of nitrogens with two attached hydrogens (primary N) is 1. The van der Waals surface area contributed by atoms with Gasteiger partial charge in [-0.2, -0.15) is 0 Å². The second-order valence-corrected chi connectivity index (χ2v) is 4.31. The summed E-state index contributed by atoms with van der Waals surface area (Å²) in [6.45, 7) is 1.84. The SMILES string of the molecule is CC#CCCC(N)c1cc(OC)ccc1Br. The second kappa shape index (κ2) is 6.57. The summed E-state index contributed by atoms with van der Waals surface area (Å²) in [5.74, 6) is 6.72. The van der Waals surface area contributed by atoms with Gasteiger partial charge >= 0.3 is 0 Å². The van der Waals surface area contributed by atoms with Gasteiger partial charge in [0.25, 0.3) is 0 Å². The average molecular weight is 282 g/mol. The largest absolute Gasteiger partial charge is 0.497 e. The Hall–Kier alpha value is -0.980. The molecule has 0 heterocycles. The van der Waals surface area contributed by atoms with E-state index >= 15 is 0 Å². The van der Waals surface area contributed by atoms with Gasteiger partial charge in [0.2, 0.25) is 0 Å². The van der Waals surface area contributed by atoms with Crippen molar-refractivity contribution in [3.8, 4) is 17.6 Å². The molecule has 2 nitrogen and oxygen atoms in total. The van der Waals surface area contributed by atoms with Crippen molar-refractivity contribution in [2.45, 2.75) is 25.8 Å². The monoisotopic (exact) mass is 281 g/mol. The average Bonchev–Trinajstić information content (AvgIpc) is 2.30. The van der Waals surface area contributed by atoms with E-state index in [1.54, 1.807) is 7.11 Å². The summed E-state index contributed by atoms with van der Waals surface area (Å²) >= 11 is 3.50. The molecule has 0 fully saturated rings. The topological polar surface area (TPSA) is 35.2 Å². The van der Waals surface area contributed by atoms with E-state index in [1.807, 2.05) is 25.1 Å². The maximum atomic E-state index is 6.11. The standard InChI is InChI=1S/C13H16BrNO/c1-3-4-5-6-13(15)11-9-10(16-2)7-8-12(11)14/h7-9,13H,5-6,15H2,1-2H3. The summed E-state index contributed by atoms with van der Waals surface area (Å²) < 4.78 is 6.20. The molecule has 0 saturated carbocycles. The lowest BCUT2D eigenvalue weighted by atomic mass is 10.0. The minimum atomic E-state index is -0.00896. The van der Waals surface area contributed by atoms with Gasteiger partial charge in [0, 0.05) is 16.9 Å². The first-order valence-corrected chi connectivity index (χ1v) is 5.97. The summed E-state index contributed by atoms with van der Waals surface area (Å²) in [6, 6.07) is 5.82. The van der Waals surface area contributed by atoms with Crippen LogP contribution in [0.1, 0.15) is 31.4 Å². The van der Waals surface area contributed by atoms with Crippen molar-refractivity contribution in [2.24, 2.45) is 5.73 Å². The van der Waals surface area contributed by atoms with Crippen LogP contribution >= 0.6 is 15.9 Å². The molecule has 0 radical (unpaired) electrons. The Bertz CT molecular complexity index is 406. The lowest BCUT2D eigenvalue weighted by Gasteiger charge is -2.13. The Labute approximate surface area is 105 Å². The third-order valence-electron chi connectivity index (χ3n) is 2.36. The summed E-state index contributed by atoms with van der Waals surface area (Å²) in [5.41, 5.74) is 7.17. The normalized spacial score (nSPS) is 11.5. The quantitative estimate of drug-likeness (QED) is 0.860. The Morgan fingerprint density at radius 2 is 2.25 bits per heavy atom. The van der Waals surface area contributed by atoms with Crippen LogP contribution in [0.4, 0.5) is 0 Å². The summed E-state index contributed by atoms with van der Waals surface area (Å²) in [7, 11) is 1.65. The molecule has 0 saturated heterocycles. The number of benzene rings is 1. The Morgan fingerprint density at radius 3 is 2.88 bits per heavy atom. The minimum Gasteiger partial charge on any atom is -0.497 e. The van der Waals surface area contributed by atoms with Crippen LogP contribution in [-0.4, -0.2) is 7.11 Å². The van der Waals surface area contributed by atoms with Gasteiger partial charge in [0.1, 0.15) is 5.75 Å². The fourth-order valence-corrected chi connectivity index (χ4v) is 1.98. The van der Waals surface area contributed by atoms with E-state index in [1.165, 1.54) is 0 Å². The molecule has 1 aromatic carbocycles. The van der Waals surface area contributed by atoms with Crippen LogP contribution in [0, 0.1) is 11.8 Å². The van der Waals surface area contributed by atoms with E-state index < -0.39 is 0 Å². The molecule has 1 aromatic rings. The van der Waals surface area contributed by atoms with E-state index in [9.17, 15) is 0 Å². The first kappa shape index (κ1) is 13.1.